The van der Waals surface area contributed by atoms with E-state index in [-0.39, 0.29) is 17.7 Å². The van der Waals surface area contributed by atoms with Crippen LogP contribution >= 0.6 is 0 Å². The van der Waals surface area contributed by atoms with Gasteiger partial charge in [0.15, 0.2) is 0 Å². The molecule has 0 aromatic heterocycles. The van der Waals surface area contributed by atoms with Gasteiger partial charge in [-0.05, 0) is 75.8 Å². The third-order valence-corrected chi connectivity index (χ3v) is 7.44. The summed E-state index contributed by atoms with van der Waals surface area (Å²) in [7, 11) is 2.06. The molecule has 0 radical (unpaired) electrons. The largest absolute Gasteiger partial charge is 0.457 e. The van der Waals surface area contributed by atoms with Gasteiger partial charge < -0.3 is 25.4 Å². The number of likely N-dealkylation sites (N-methyl/N-ethyl adjacent to an activating group) is 1. The van der Waals surface area contributed by atoms with Crippen molar-refractivity contribution in [2.75, 3.05) is 39.9 Å². The highest BCUT2D eigenvalue weighted by molar-refractivity contribution is 6.29. The highest BCUT2D eigenvalue weighted by atomic mass is 16.5. The number of nitrogens with zero attached hydrogens (tertiary/aromatic N) is 3. The molecule has 4 rings (SSSR count). The van der Waals surface area contributed by atoms with Crippen LogP contribution in [0.5, 0.6) is 11.5 Å². The summed E-state index contributed by atoms with van der Waals surface area (Å²) in [5.74, 6) is 1.87. The zero-order valence-electron chi connectivity index (χ0n) is 24.6. The molecule has 1 amide bonds. The smallest absolute Gasteiger partial charge is 0.246 e. The maximum atomic E-state index is 13.0. The lowest BCUT2D eigenvalue weighted by atomic mass is 9.99. The van der Waals surface area contributed by atoms with Gasteiger partial charge in [-0.15, -0.1) is 0 Å². The van der Waals surface area contributed by atoms with Gasteiger partial charge in [-0.1, -0.05) is 30.9 Å². The number of carbonyl (C=O) groups is 1. The predicted octanol–water partition coefficient (Wildman–Crippen LogP) is 4.48. The van der Waals surface area contributed by atoms with Crippen molar-refractivity contribution in [2.45, 2.75) is 38.3 Å². The number of benzene rings is 2. The zero-order valence-corrected chi connectivity index (χ0v) is 24.6. The third kappa shape index (κ3) is 8.41. The normalized spacial score (nSPS) is 20.0. The molecule has 2 aliphatic heterocycles. The van der Waals surface area contributed by atoms with Crippen LogP contribution in [0.2, 0.25) is 0 Å². The fraction of sp³-hybridized carbons (Fsp3) is 0.364. The average Bonchev–Trinajstić information content (AvgIpc) is 3.54. The quantitative estimate of drug-likeness (QED) is 0.208. The van der Waals surface area contributed by atoms with Crippen molar-refractivity contribution < 1.29 is 14.3 Å². The van der Waals surface area contributed by atoms with E-state index in [1.54, 1.807) is 13.0 Å². The Kier molecular flexibility index (Phi) is 11.1. The number of aliphatic imine (C=N–C) groups is 1. The second-order valence-corrected chi connectivity index (χ2v) is 10.6. The minimum Gasteiger partial charge on any atom is -0.457 e. The molecular formula is C33H42N6O3. The van der Waals surface area contributed by atoms with Crippen LogP contribution in [0.4, 0.5) is 0 Å². The highest BCUT2D eigenvalue weighted by Gasteiger charge is 2.25. The Morgan fingerprint density at radius 1 is 1.21 bits per heavy atom. The summed E-state index contributed by atoms with van der Waals surface area (Å²) in [6.45, 7) is 9.00. The van der Waals surface area contributed by atoms with Crippen molar-refractivity contribution in [1.82, 2.24) is 15.1 Å². The number of amides is 1. The summed E-state index contributed by atoms with van der Waals surface area (Å²) in [5.41, 5.74) is 8.18. The molecule has 2 atom stereocenters. The molecule has 222 valence electrons. The van der Waals surface area contributed by atoms with Crippen LogP contribution < -0.4 is 15.8 Å². The van der Waals surface area contributed by atoms with E-state index >= 15 is 0 Å². The van der Waals surface area contributed by atoms with Crippen molar-refractivity contribution in [3.05, 3.63) is 96.4 Å². The molecule has 0 bridgehead atoms. The SMILES string of the molecule is C=CNC(=NC1CCCN(C(=O)/C=C/CN(C)C2CCOC2)C1)/C(C(=N)c1ccc(Oc2ccccc2)cc1)=C(\C)N. The summed E-state index contributed by atoms with van der Waals surface area (Å²) in [6, 6.07) is 17.1. The van der Waals surface area contributed by atoms with E-state index in [4.69, 9.17) is 25.6 Å². The highest BCUT2D eigenvalue weighted by Crippen LogP contribution is 2.23. The number of likely N-dealkylation sites (tertiary alicyclic amines) is 1. The molecule has 2 saturated heterocycles. The molecular weight excluding hydrogens is 528 g/mol. The van der Waals surface area contributed by atoms with Gasteiger partial charge in [0, 0.05) is 49.6 Å². The third-order valence-electron chi connectivity index (χ3n) is 7.44. The summed E-state index contributed by atoms with van der Waals surface area (Å²) in [5, 5.41) is 12.1. The molecule has 9 nitrogen and oxygen atoms in total. The van der Waals surface area contributed by atoms with Crippen molar-refractivity contribution in [2.24, 2.45) is 10.7 Å². The van der Waals surface area contributed by atoms with E-state index in [1.807, 2.05) is 65.6 Å². The lowest BCUT2D eigenvalue weighted by Crippen LogP contribution is -2.42. The number of rotatable bonds is 11. The number of carbonyl (C=O) groups excluding carboxylic acids is 1. The minimum absolute atomic E-state index is 0.0134. The van der Waals surface area contributed by atoms with Gasteiger partial charge in [0.2, 0.25) is 5.91 Å². The molecule has 42 heavy (non-hydrogen) atoms. The number of amidine groups is 1. The first-order valence-corrected chi connectivity index (χ1v) is 14.4. The number of nitrogens with one attached hydrogen (secondary N) is 2. The van der Waals surface area contributed by atoms with Crippen molar-refractivity contribution in [3.8, 4) is 11.5 Å². The van der Waals surface area contributed by atoms with Gasteiger partial charge >= 0.3 is 0 Å². The molecule has 2 aliphatic rings. The lowest BCUT2D eigenvalue weighted by molar-refractivity contribution is -0.127. The van der Waals surface area contributed by atoms with E-state index in [0.29, 0.717) is 54.1 Å². The number of allylic oxidation sites excluding steroid dienone is 1. The zero-order chi connectivity index (χ0) is 29.9. The minimum atomic E-state index is -0.138. The van der Waals surface area contributed by atoms with E-state index in [1.165, 1.54) is 6.20 Å². The molecule has 2 heterocycles. The summed E-state index contributed by atoms with van der Waals surface area (Å²) in [6.07, 6.45) is 7.82. The topological polar surface area (TPSA) is 116 Å². The van der Waals surface area contributed by atoms with Crippen LogP contribution in [0.15, 0.2) is 95.8 Å². The maximum Gasteiger partial charge on any atom is 0.246 e. The summed E-state index contributed by atoms with van der Waals surface area (Å²) < 4.78 is 11.4. The Balaban J connectivity index is 1.43. The van der Waals surface area contributed by atoms with Crippen molar-refractivity contribution >= 4 is 17.5 Å². The lowest BCUT2D eigenvalue weighted by Gasteiger charge is -2.31. The Bertz CT molecular complexity index is 1310. The molecule has 2 aromatic carbocycles. The summed E-state index contributed by atoms with van der Waals surface area (Å²) >= 11 is 0. The Labute approximate surface area is 248 Å². The number of piperidine rings is 1. The average molecular weight is 571 g/mol. The first kappa shape index (κ1) is 30.7. The van der Waals surface area contributed by atoms with E-state index < -0.39 is 0 Å². The van der Waals surface area contributed by atoms with Crippen LogP contribution in [-0.2, 0) is 9.53 Å². The number of ether oxygens (including phenoxy) is 2. The second kappa shape index (κ2) is 15.1. The molecule has 2 unspecified atom stereocenters. The standard InChI is InChI=1S/C33H42N6O3/c1-4-36-33(31(24(2)34)32(35)25-14-16-29(17-15-25)42-28-11-6-5-7-12-28)37-26-10-8-20-39(22-26)30(40)13-9-19-38(3)27-18-21-41-23-27/h4-7,9,11-17,26-27,35H,1,8,10,18-23,34H2,2-3H3,(H,36,37)/b13-9+,31-24+,35-32?. The molecule has 0 spiro atoms. The molecule has 0 aliphatic carbocycles. The number of hydrogen-bond acceptors (Lipinski definition) is 7. The fourth-order valence-electron chi connectivity index (χ4n) is 5.12. The molecule has 0 saturated carbocycles. The summed E-state index contributed by atoms with van der Waals surface area (Å²) in [4.78, 5) is 22.0. The fourth-order valence-corrected chi connectivity index (χ4v) is 5.12. The van der Waals surface area contributed by atoms with E-state index in [2.05, 4.69) is 23.8 Å². The number of para-hydroxylation sites is 1. The Morgan fingerprint density at radius 3 is 2.62 bits per heavy atom. The van der Waals surface area contributed by atoms with Crippen LogP contribution in [0.25, 0.3) is 0 Å². The maximum absolute atomic E-state index is 13.0. The van der Waals surface area contributed by atoms with Gasteiger partial charge in [-0.25, -0.2) is 0 Å². The molecule has 9 heteroatoms. The van der Waals surface area contributed by atoms with E-state index in [9.17, 15) is 4.79 Å². The first-order chi connectivity index (χ1) is 20.4. The van der Waals surface area contributed by atoms with Crippen LogP contribution in [0.3, 0.4) is 0 Å². The van der Waals surface area contributed by atoms with Crippen LogP contribution in [-0.4, -0.2) is 79.2 Å². The molecule has 2 fully saturated rings. The van der Waals surface area contributed by atoms with Gasteiger partial charge in [-0.3, -0.25) is 20.1 Å². The number of hydrogen-bond donors (Lipinski definition) is 3. The van der Waals surface area contributed by atoms with Gasteiger partial charge in [0.25, 0.3) is 0 Å². The van der Waals surface area contributed by atoms with Crippen LogP contribution in [0.1, 0.15) is 31.7 Å². The van der Waals surface area contributed by atoms with Gasteiger partial charge in [0.1, 0.15) is 17.3 Å². The van der Waals surface area contributed by atoms with Gasteiger partial charge in [-0.2, -0.15) is 0 Å². The van der Waals surface area contributed by atoms with Crippen LogP contribution in [0, 0.1) is 5.41 Å². The van der Waals surface area contributed by atoms with Gasteiger partial charge in [0.05, 0.1) is 23.9 Å². The van der Waals surface area contributed by atoms with E-state index in [0.717, 1.165) is 38.2 Å². The predicted molar refractivity (Wildman–Crippen MR) is 168 cm³/mol. The second-order valence-electron chi connectivity index (χ2n) is 10.6. The molecule has 4 N–H and O–H groups in total. The van der Waals surface area contributed by atoms with Crippen molar-refractivity contribution in [3.63, 3.8) is 0 Å². The first-order valence-electron chi connectivity index (χ1n) is 14.4. The Morgan fingerprint density at radius 2 is 1.95 bits per heavy atom. The molecule has 2 aromatic rings. The van der Waals surface area contributed by atoms with Crippen molar-refractivity contribution in [1.29, 1.82) is 5.41 Å². The number of nitrogens with two attached hydrogens (primary N) is 1. The Hall–Kier alpha value is -4.21. The monoisotopic (exact) mass is 570 g/mol.